The first-order chi connectivity index (χ1) is 8.69. The Morgan fingerprint density at radius 1 is 1.56 bits per heavy atom. The van der Waals surface area contributed by atoms with Gasteiger partial charge in [0.15, 0.2) is 11.4 Å². The quantitative estimate of drug-likeness (QED) is 0.826. The Balaban J connectivity index is 2.69. The highest BCUT2D eigenvalue weighted by molar-refractivity contribution is 7.98. The van der Waals surface area contributed by atoms with Crippen LogP contribution in [0.1, 0.15) is 17.4 Å². The third kappa shape index (κ3) is 2.11. The van der Waals surface area contributed by atoms with Crippen LogP contribution in [0.25, 0.3) is 10.9 Å². The molecule has 2 aromatic heterocycles. The van der Waals surface area contributed by atoms with Gasteiger partial charge in [-0.15, -0.1) is 11.8 Å². The van der Waals surface area contributed by atoms with Crippen LogP contribution in [0.4, 0.5) is 0 Å². The Labute approximate surface area is 109 Å². The number of nitrogens with zero attached hydrogens (tertiary/aromatic N) is 2. The van der Waals surface area contributed by atoms with Crippen LogP contribution < -0.4 is 5.32 Å². The molecule has 0 unspecified atom stereocenters. The van der Waals surface area contributed by atoms with E-state index in [1.807, 2.05) is 19.2 Å². The summed E-state index contributed by atoms with van der Waals surface area (Å²) in [6.07, 6.45) is 3.45. The van der Waals surface area contributed by atoms with Crippen molar-refractivity contribution in [3.63, 3.8) is 0 Å². The molecule has 0 aromatic carbocycles. The number of carbonyl (C=O) groups excluding carboxylic acids is 1. The van der Waals surface area contributed by atoms with Crippen molar-refractivity contribution in [1.29, 1.82) is 0 Å². The van der Waals surface area contributed by atoms with Gasteiger partial charge in [0.25, 0.3) is 5.91 Å². The molecular formula is C12H13N3O2S. The predicted octanol–water partition coefficient (Wildman–Crippen LogP) is 1.81. The Kier molecular flexibility index (Phi) is 3.66. The van der Waals surface area contributed by atoms with E-state index in [1.165, 1.54) is 11.8 Å². The average Bonchev–Trinajstić information content (AvgIpc) is 2.40. The molecule has 0 aliphatic carbocycles. The molecule has 18 heavy (non-hydrogen) atoms. The van der Waals surface area contributed by atoms with Gasteiger partial charge in [0, 0.05) is 18.1 Å². The highest BCUT2D eigenvalue weighted by atomic mass is 32.2. The summed E-state index contributed by atoms with van der Waals surface area (Å²) in [7, 11) is 0. The number of aromatic hydroxyl groups is 1. The Morgan fingerprint density at radius 2 is 2.33 bits per heavy atom. The first-order valence-electron chi connectivity index (χ1n) is 5.49. The first-order valence-corrected chi connectivity index (χ1v) is 6.71. The van der Waals surface area contributed by atoms with Crippen molar-refractivity contribution < 1.29 is 9.90 Å². The van der Waals surface area contributed by atoms with Gasteiger partial charge in [0.05, 0.1) is 0 Å². The normalized spacial score (nSPS) is 10.6. The number of amides is 1. The standard InChI is InChI=1S/C12H13N3O2S/c1-3-13-11(17)9-10(16)8-7(5-4-6-14-8)12(15-9)18-2/h4-6,16H,3H2,1-2H3,(H,13,17). The van der Waals surface area contributed by atoms with Gasteiger partial charge in [-0.2, -0.15) is 0 Å². The number of hydrogen-bond donors (Lipinski definition) is 2. The fourth-order valence-electron chi connectivity index (χ4n) is 1.65. The van der Waals surface area contributed by atoms with E-state index in [9.17, 15) is 9.90 Å². The summed E-state index contributed by atoms with van der Waals surface area (Å²) in [6, 6.07) is 3.59. The maximum absolute atomic E-state index is 11.8. The number of nitrogens with one attached hydrogen (secondary N) is 1. The lowest BCUT2D eigenvalue weighted by Crippen LogP contribution is -2.24. The Bertz CT molecular complexity index is 601. The second-order valence-electron chi connectivity index (χ2n) is 3.58. The molecule has 0 aliphatic heterocycles. The third-order valence-electron chi connectivity index (χ3n) is 2.45. The molecule has 0 saturated carbocycles. The Morgan fingerprint density at radius 3 is 3.00 bits per heavy atom. The van der Waals surface area contributed by atoms with E-state index in [0.717, 1.165) is 5.39 Å². The smallest absolute Gasteiger partial charge is 0.273 e. The first kappa shape index (κ1) is 12.6. The van der Waals surface area contributed by atoms with Crippen molar-refractivity contribution in [2.24, 2.45) is 0 Å². The van der Waals surface area contributed by atoms with Crippen molar-refractivity contribution in [3.05, 3.63) is 24.0 Å². The van der Waals surface area contributed by atoms with Gasteiger partial charge in [-0.05, 0) is 25.3 Å². The van der Waals surface area contributed by atoms with Crippen molar-refractivity contribution >= 4 is 28.6 Å². The number of fused-ring (bicyclic) bond motifs is 1. The molecule has 2 N–H and O–H groups in total. The number of aromatic nitrogens is 2. The minimum atomic E-state index is -0.391. The zero-order chi connectivity index (χ0) is 13.1. The molecule has 5 nitrogen and oxygen atoms in total. The molecule has 0 bridgehead atoms. The van der Waals surface area contributed by atoms with Gasteiger partial charge >= 0.3 is 0 Å². The van der Waals surface area contributed by atoms with E-state index in [-0.39, 0.29) is 11.4 Å². The number of thioether (sulfide) groups is 1. The molecule has 0 saturated heterocycles. The van der Waals surface area contributed by atoms with E-state index >= 15 is 0 Å². The molecule has 0 radical (unpaired) electrons. The molecule has 94 valence electrons. The maximum atomic E-state index is 11.8. The molecular weight excluding hydrogens is 250 g/mol. The van der Waals surface area contributed by atoms with Gasteiger partial charge < -0.3 is 10.4 Å². The average molecular weight is 263 g/mol. The van der Waals surface area contributed by atoms with E-state index in [0.29, 0.717) is 17.1 Å². The van der Waals surface area contributed by atoms with Crippen LogP contribution in [0, 0.1) is 0 Å². The highest BCUT2D eigenvalue weighted by Crippen LogP contribution is 2.31. The van der Waals surface area contributed by atoms with Crippen LogP contribution in [-0.2, 0) is 0 Å². The summed E-state index contributed by atoms with van der Waals surface area (Å²) in [5.41, 5.74) is 0.422. The monoisotopic (exact) mass is 263 g/mol. The lowest BCUT2D eigenvalue weighted by atomic mass is 10.2. The molecule has 0 fully saturated rings. The van der Waals surface area contributed by atoms with Crippen molar-refractivity contribution in [3.8, 4) is 5.75 Å². The van der Waals surface area contributed by atoms with Crippen LogP contribution in [0.3, 0.4) is 0 Å². The molecule has 0 aliphatic rings. The largest absolute Gasteiger partial charge is 0.504 e. The summed E-state index contributed by atoms with van der Waals surface area (Å²) in [6.45, 7) is 2.29. The number of pyridine rings is 2. The number of carbonyl (C=O) groups is 1. The van der Waals surface area contributed by atoms with Gasteiger partial charge in [-0.25, -0.2) is 4.98 Å². The van der Waals surface area contributed by atoms with Crippen LogP contribution >= 0.6 is 11.8 Å². The summed E-state index contributed by atoms with van der Waals surface area (Å²) >= 11 is 1.41. The van der Waals surface area contributed by atoms with Crippen molar-refractivity contribution in [2.45, 2.75) is 11.9 Å². The zero-order valence-electron chi connectivity index (χ0n) is 10.1. The number of rotatable bonds is 3. The third-order valence-corrected chi connectivity index (χ3v) is 3.14. The highest BCUT2D eigenvalue weighted by Gasteiger charge is 2.18. The second kappa shape index (κ2) is 5.22. The van der Waals surface area contributed by atoms with Gasteiger partial charge in [-0.1, -0.05) is 0 Å². The zero-order valence-corrected chi connectivity index (χ0v) is 10.9. The van der Waals surface area contributed by atoms with E-state index in [4.69, 9.17) is 0 Å². The van der Waals surface area contributed by atoms with Gasteiger partial charge in [0.2, 0.25) is 0 Å². The SMILES string of the molecule is CCNC(=O)c1nc(SC)c2cccnc2c1O. The molecule has 2 rings (SSSR count). The Hall–Kier alpha value is -1.82. The van der Waals surface area contributed by atoms with Crippen LogP contribution in [0.2, 0.25) is 0 Å². The van der Waals surface area contributed by atoms with Crippen molar-refractivity contribution in [1.82, 2.24) is 15.3 Å². The number of hydrogen-bond acceptors (Lipinski definition) is 5. The summed E-state index contributed by atoms with van der Waals surface area (Å²) in [5, 5.41) is 14.1. The fourth-order valence-corrected chi connectivity index (χ4v) is 2.22. The summed E-state index contributed by atoms with van der Waals surface area (Å²) in [4.78, 5) is 20.1. The van der Waals surface area contributed by atoms with E-state index in [2.05, 4.69) is 15.3 Å². The lowest BCUT2D eigenvalue weighted by molar-refractivity contribution is 0.0947. The van der Waals surface area contributed by atoms with Crippen LogP contribution in [0.5, 0.6) is 5.75 Å². The van der Waals surface area contributed by atoms with E-state index in [1.54, 1.807) is 12.3 Å². The maximum Gasteiger partial charge on any atom is 0.273 e. The molecule has 6 heteroatoms. The van der Waals surface area contributed by atoms with Gasteiger partial charge in [0.1, 0.15) is 10.5 Å². The predicted molar refractivity (Wildman–Crippen MR) is 71.0 cm³/mol. The minimum Gasteiger partial charge on any atom is -0.504 e. The summed E-state index contributed by atoms with van der Waals surface area (Å²) in [5.74, 6) is -0.563. The molecule has 0 spiro atoms. The fraction of sp³-hybridized carbons (Fsp3) is 0.250. The topological polar surface area (TPSA) is 75.1 Å². The summed E-state index contributed by atoms with van der Waals surface area (Å²) < 4.78 is 0. The van der Waals surface area contributed by atoms with Crippen molar-refractivity contribution in [2.75, 3.05) is 12.8 Å². The van der Waals surface area contributed by atoms with E-state index < -0.39 is 5.91 Å². The molecule has 2 aromatic rings. The minimum absolute atomic E-state index is 0.0207. The lowest BCUT2D eigenvalue weighted by Gasteiger charge is -2.09. The van der Waals surface area contributed by atoms with Crippen LogP contribution in [-0.4, -0.2) is 33.8 Å². The molecule has 0 atom stereocenters. The second-order valence-corrected chi connectivity index (χ2v) is 4.37. The van der Waals surface area contributed by atoms with Crippen LogP contribution in [0.15, 0.2) is 23.4 Å². The molecule has 1 amide bonds. The molecule has 2 heterocycles. The van der Waals surface area contributed by atoms with Gasteiger partial charge in [-0.3, -0.25) is 9.78 Å².